The van der Waals surface area contributed by atoms with E-state index in [0.717, 1.165) is 48.0 Å². The average Bonchev–Trinajstić information content (AvgIpc) is 3.16. The minimum absolute atomic E-state index is 0.0723. The Balaban J connectivity index is 1.86. The lowest BCUT2D eigenvalue weighted by atomic mass is 10.1. The third-order valence-electron chi connectivity index (χ3n) is 4.57. The summed E-state index contributed by atoms with van der Waals surface area (Å²) in [5.41, 5.74) is 1.30. The monoisotopic (exact) mass is 377 g/mol. The molecule has 0 atom stereocenters. The number of fused-ring (bicyclic) bond motifs is 1. The molecule has 1 aliphatic heterocycles. The van der Waals surface area contributed by atoms with Crippen LogP contribution in [0.1, 0.15) is 34.5 Å². The van der Waals surface area contributed by atoms with E-state index in [0.29, 0.717) is 12.2 Å². The normalized spacial score (nSPS) is 14.6. The second-order valence-electron chi connectivity index (χ2n) is 6.34. The number of halogens is 3. The Morgan fingerprint density at radius 1 is 1.12 bits per heavy atom. The number of rotatable bonds is 3. The molecule has 0 fully saturated rings. The van der Waals surface area contributed by atoms with Gasteiger partial charge in [-0.1, -0.05) is 18.2 Å². The molecule has 4 rings (SSSR count). The molecule has 0 saturated heterocycles. The molecule has 0 radical (unpaired) electrons. The van der Waals surface area contributed by atoms with Crippen LogP contribution in [-0.2, 0) is 19.0 Å². The second-order valence-corrected chi connectivity index (χ2v) is 7.37. The van der Waals surface area contributed by atoms with Crippen LogP contribution in [0.2, 0.25) is 0 Å². The first-order valence-corrected chi connectivity index (χ1v) is 9.45. The molecule has 26 heavy (non-hydrogen) atoms. The van der Waals surface area contributed by atoms with Gasteiger partial charge in [0.05, 0.1) is 16.9 Å². The van der Waals surface area contributed by atoms with Gasteiger partial charge in [0.2, 0.25) is 0 Å². The van der Waals surface area contributed by atoms with Gasteiger partial charge in [0.25, 0.3) is 0 Å². The highest BCUT2D eigenvalue weighted by atomic mass is 32.1. The van der Waals surface area contributed by atoms with Crippen molar-refractivity contribution in [2.45, 2.75) is 31.9 Å². The van der Waals surface area contributed by atoms with Crippen LogP contribution >= 0.6 is 11.3 Å². The minimum atomic E-state index is -4.42. The van der Waals surface area contributed by atoms with Crippen LogP contribution in [0.25, 0.3) is 5.69 Å². The van der Waals surface area contributed by atoms with E-state index in [1.807, 2.05) is 17.5 Å². The number of thiophene rings is 1. The number of alkyl halides is 3. The van der Waals surface area contributed by atoms with Gasteiger partial charge in [-0.25, -0.2) is 4.68 Å². The maximum Gasteiger partial charge on any atom is 0.418 e. The second kappa shape index (κ2) is 6.79. The number of nitrogens with one attached hydrogen (secondary N) is 1. The molecular weight excluding hydrogens is 359 g/mol. The highest BCUT2D eigenvalue weighted by Gasteiger charge is 2.35. The van der Waals surface area contributed by atoms with Crippen LogP contribution in [0, 0.1) is 0 Å². The Morgan fingerprint density at radius 2 is 1.96 bits per heavy atom. The Hall–Kier alpha value is -2.28. The number of benzene rings is 1. The van der Waals surface area contributed by atoms with Crippen LogP contribution in [0.15, 0.2) is 41.8 Å². The lowest BCUT2D eigenvalue weighted by Gasteiger charge is -2.15. The van der Waals surface area contributed by atoms with Crippen LogP contribution in [-0.4, -0.2) is 16.3 Å². The fourth-order valence-electron chi connectivity index (χ4n) is 3.37. The van der Waals surface area contributed by atoms with E-state index in [-0.39, 0.29) is 5.69 Å². The molecule has 1 N–H and O–H groups in total. The summed E-state index contributed by atoms with van der Waals surface area (Å²) < 4.78 is 41.9. The zero-order valence-electron chi connectivity index (χ0n) is 14.0. The van der Waals surface area contributed by atoms with Crippen molar-refractivity contribution < 1.29 is 13.2 Å². The predicted octanol–water partition coefficient (Wildman–Crippen LogP) is 5.29. The topological polar surface area (TPSA) is 29.9 Å². The van der Waals surface area contributed by atoms with Crippen molar-refractivity contribution in [3.8, 4) is 5.69 Å². The zero-order chi connectivity index (χ0) is 18.1. The van der Waals surface area contributed by atoms with Gasteiger partial charge < -0.3 is 5.32 Å². The number of aromatic nitrogens is 2. The average molecular weight is 377 g/mol. The smallest absolute Gasteiger partial charge is 0.370 e. The van der Waals surface area contributed by atoms with Crippen molar-refractivity contribution in [1.29, 1.82) is 0 Å². The van der Waals surface area contributed by atoms with Crippen LogP contribution in [0.3, 0.4) is 0 Å². The first kappa shape index (κ1) is 17.1. The van der Waals surface area contributed by atoms with Gasteiger partial charge in [-0.2, -0.15) is 18.3 Å². The molecule has 0 aliphatic carbocycles. The molecule has 7 heteroatoms. The van der Waals surface area contributed by atoms with Gasteiger partial charge in [-0.15, -0.1) is 11.3 Å². The summed E-state index contributed by atoms with van der Waals surface area (Å²) in [4.78, 5) is 1.16. The largest absolute Gasteiger partial charge is 0.418 e. The molecule has 0 amide bonds. The maximum absolute atomic E-state index is 13.5. The van der Waals surface area contributed by atoms with E-state index in [9.17, 15) is 13.2 Å². The molecule has 0 unspecified atom stereocenters. The van der Waals surface area contributed by atoms with Crippen LogP contribution < -0.4 is 5.32 Å². The Bertz CT molecular complexity index is 897. The lowest BCUT2D eigenvalue weighted by Crippen LogP contribution is -2.14. The third-order valence-corrected chi connectivity index (χ3v) is 5.45. The fourth-order valence-corrected chi connectivity index (χ4v) is 4.08. The Morgan fingerprint density at radius 3 is 2.73 bits per heavy atom. The van der Waals surface area contributed by atoms with Crippen molar-refractivity contribution in [2.24, 2.45) is 0 Å². The molecule has 136 valence electrons. The first-order chi connectivity index (χ1) is 12.5. The van der Waals surface area contributed by atoms with Crippen LogP contribution in [0.5, 0.6) is 0 Å². The highest BCUT2D eigenvalue weighted by Crippen LogP contribution is 2.37. The van der Waals surface area contributed by atoms with Gasteiger partial charge in [-0.05, 0) is 42.8 Å². The summed E-state index contributed by atoms with van der Waals surface area (Å²) >= 11 is 1.64. The number of anilines is 1. The molecular formula is C19H18F3N3S. The maximum atomic E-state index is 13.5. The van der Waals surface area contributed by atoms with Gasteiger partial charge in [0.15, 0.2) is 0 Å². The summed E-state index contributed by atoms with van der Waals surface area (Å²) in [6.45, 7) is 0.741. The fraction of sp³-hybridized carbons (Fsp3) is 0.316. The third kappa shape index (κ3) is 3.23. The highest BCUT2D eigenvalue weighted by molar-refractivity contribution is 7.09. The van der Waals surface area contributed by atoms with Gasteiger partial charge in [0.1, 0.15) is 5.82 Å². The summed E-state index contributed by atoms with van der Waals surface area (Å²) in [5, 5.41) is 9.92. The Labute approximate surface area is 153 Å². The van der Waals surface area contributed by atoms with E-state index in [1.165, 1.54) is 16.8 Å². The van der Waals surface area contributed by atoms with Crippen molar-refractivity contribution in [1.82, 2.24) is 9.78 Å². The molecule has 2 aromatic heterocycles. The molecule has 1 aliphatic rings. The van der Waals surface area contributed by atoms with E-state index in [1.54, 1.807) is 17.4 Å². The molecule has 1 aromatic carbocycles. The van der Waals surface area contributed by atoms with E-state index >= 15 is 0 Å². The standard InChI is InChI=1S/C19H18F3N3S/c20-19(21,22)15-8-1-2-9-17(15)25-18-14(7-3-4-10-23-18)16(24-25)12-13-6-5-11-26-13/h1-2,5-6,8-9,11,23H,3-4,7,10,12H2. The molecule has 0 spiro atoms. The first-order valence-electron chi connectivity index (χ1n) is 8.57. The Kier molecular flexibility index (Phi) is 4.48. The van der Waals surface area contributed by atoms with Gasteiger partial charge in [0, 0.05) is 23.4 Å². The molecule has 3 aromatic rings. The number of hydrogen-bond donors (Lipinski definition) is 1. The summed E-state index contributed by atoms with van der Waals surface area (Å²) in [6.07, 6.45) is -0.952. The van der Waals surface area contributed by atoms with E-state index in [4.69, 9.17) is 0 Å². The van der Waals surface area contributed by atoms with Crippen LogP contribution in [0.4, 0.5) is 19.0 Å². The van der Waals surface area contributed by atoms with Crippen molar-refractivity contribution in [3.63, 3.8) is 0 Å². The number of nitrogens with zero attached hydrogens (tertiary/aromatic N) is 2. The molecule has 3 nitrogen and oxygen atoms in total. The minimum Gasteiger partial charge on any atom is -0.370 e. The van der Waals surface area contributed by atoms with Crippen molar-refractivity contribution >= 4 is 17.2 Å². The quantitative estimate of drug-likeness (QED) is 0.672. The van der Waals surface area contributed by atoms with Crippen molar-refractivity contribution in [2.75, 3.05) is 11.9 Å². The molecule has 3 heterocycles. The summed E-state index contributed by atoms with van der Waals surface area (Å²) in [6, 6.07) is 9.64. The SMILES string of the molecule is FC(F)(F)c1ccccc1-n1nc(Cc2cccs2)c2c1NCCCC2. The van der Waals surface area contributed by atoms with Crippen molar-refractivity contribution in [3.05, 3.63) is 63.5 Å². The molecule has 0 bridgehead atoms. The van der Waals surface area contributed by atoms with Gasteiger partial charge >= 0.3 is 6.18 Å². The number of hydrogen-bond acceptors (Lipinski definition) is 3. The lowest BCUT2D eigenvalue weighted by molar-refractivity contribution is -0.137. The molecule has 0 saturated carbocycles. The number of para-hydroxylation sites is 1. The summed E-state index contributed by atoms with van der Waals surface area (Å²) in [5.74, 6) is 0.700. The predicted molar refractivity (Wildman–Crippen MR) is 97.1 cm³/mol. The van der Waals surface area contributed by atoms with E-state index in [2.05, 4.69) is 10.4 Å². The van der Waals surface area contributed by atoms with E-state index < -0.39 is 11.7 Å². The summed E-state index contributed by atoms with van der Waals surface area (Å²) in [7, 11) is 0. The zero-order valence-corrected chi connectivity index (χ0v) is 14.8. The van der Waals surface area contributed by atoms with Gasteiger partial charge in [-0.3, -0.25) is 0 Å².